The summed E-state index contributed by atoms with van der Waals surface area (Å²) in [4.78, 5) is 24.2. The molecule has 1 aliphatic heterocycles. The molecule has 7 heteroatoms. The smallest absolute Gasteiger partial charge is 0.259 e. The molecule has 0 saturated carbocycles. The molecule has 3 rings (SSSR count). The molecule has 5 nitrogen and oxygen atoms in total. The molecule has 1 fully saturated rings. The van der Waals surface area contributed by atoms with Crippen LogP contribution in [-0.2, 0) is 6.54 Å². The Bertz CT molecular complexity index is 741. The largest absolute Gasteiger partial charge is 0.330 e. The van der Waals surface area contributed by atoms with E-state index in [0.717, 1.165) is 46.0 Å². The molecule has 2 aromatic rings. The van der Waals surface area contributed by atoms with Gasteiger partial charge in [-0.1, -0.05) is 6.92 Å². The predicted octanol–water partition coefficient (Wildman–Crippen LogP) is 2.19. The van der Waals surface area contributed by atoms with E-state index in [1.165, 1.54) is 0 Å². The fourth-order valence-electron chi connectivity index (χ4n) is 3.01. The maximum absolute atomic E-state index is 12.3. The van der Waals surface area contributed by atoms with Gasteiger partial charge in [0.2, 0.25) is 0 Å². The number of likely N-dealkylation sites (tertiary alicyclic amines) is 1. The van der Waals surface area contributed by atoms with Crippen LogP contribution in [0.1, 0.15) is 29.6 Å². The van der Waals surface area contributed by atoms with Crippen molar-refractivity contribution in [1.82, 2.24) is 14.9 Å². The van der Waals surface area contributed by atoms with Gasteiger partial charge >= 0.3 is 0 Å². The van der Waals surface area contributed by atoms with Crippen LogP contribution in [-0.4, -0.2) is 34.5 Å². The minimum Gasteiger partial charge on any atom is -0.330 e. The number of nitrogens with two attached hydrogens (primary N) is 1. The highest BCUT2D eigenvalue weighted by molar-refractivity contribution is 7.18. The van der Waals surface area contributed by atoms with Crippen LogP contribution in [0.15, 0.2) is 4.79 Å². The van der Waals surface area contributed by atoms with Crippen molar-refractivity contribution in [1.29, 1.82) is 0 Å². The van der Waals surface area contributed by atoms with E-state index in [1.807, 2.05) is 13.8 Å². The lowest BCUT2D eigenvalue weighted by molar-refractivity contribution is 0.269. The van der Waals surface area contributed by atoms with Crippen LogP contribution in [0, 0.1) is 19.3 Å². The van der Waals surface area contributed by atoms with E-state index in [9.17, 15) is 4.79 Å². The monoisotopic (exact) mass is 342 g/mol. The zero-order valence-corrected chi connectivity index (χ0v) is 14.9. The Labute approximate surface area is 140 Å². The van der Waals surface area contributed by atoms with Crippen LogP contribution in [0.3, 0.4) is 0 Å². The Kier molecular flexibility index (Phi) is 4.96. The van der Waals surface area contributed by atoms with E-state index in [4.69, 9.17) is 5.73 Å². The van der Waals surface area contributed by atoms with Crippen LogP contribution in [0.4, 0.5) is 0 Å². The van der Waals surface area contributed by atoms with Gasteiger partial charge in [-0.05, 0) is 44.3 Å². The van der Waals surface area contributed by atoms with Crippen LogP contribution in [0.2, 0.25) is 0 Å². The molecule has 0 bridgehead atoms. The first kappa shape index (κ1) is 17.4. The van der Waals surface area contributed by atoms with Gasteiger partial charge in [0.25, 0.3) is 5.56 Å². The first-order valence-corrected chi connectivity index (χ1v) is 8.15. The molecular formula is C15H23ClN4OS. The van der Waals surface area contributed by atoms with Crippen molar-refractivity contribution >= 4 is 34.0 Å². The zero-order chi connectivity index (χ0) is 15.2. The molecule has 3 N–H and O–H groups in total. The van der Waals surface area contributed by atoms with Crippen molar-refractivity contribution in [2.24, 2.45) is 11.1 Å². The molecule has 0 aromatic carbocycles. The molecule has 22 heavy (non-hydrogen) atoms. The second-order valence-electron chi connectivity index (χ2n) is 6.45. The lowest BCUT2D eigenvalue weighted by atomic mass is 9.90. The summed E-state index contributed by atoms with van der Waals surface area (Å²) < 4.78 is 0. The third-order valence-corrected chi connectivity index (χ3v) is 5.69. The normalized spacial score (nSPS) is 22.2. The fourth-order valence-corrected chi connectivity index (χ4v) is 4.06. The summed E-state index contributed by atoms with van der Waals surface area (Å²) in [6.07, 6.45) is 1.10. The van der Waals surface area contributed by atoms with Gasteiger partial charge in [-0.2, -0.15) is 0 Å². The molecule has 0 radical (unpaired) electrons. The van der Waals surface area contributed by atoms with Gasteiger partial charge in [-0.3, -0.25) is 9.69 Å². The van der Waals surface area contributed by atoms with Crippen LogP contribution >= 0.6 is 23.7 Å². The number of nitrogens with one attached hydrogen (secondary N) is 1. The Hall–Kier alpha value is -0.950. The number of H-pyrrole nitrogens is 1. The first-order chi connectivity index (χ1) is 9.92. The van der Waals surface area contributed by atoms with Gasteiger partial charge in [0.05, 0.1) is 11.9 Å². The van der Waals surface area contributed by atoms with E-state index in [2.05, 4.69) is 21.8 Å². The molecular weight excluding hydrogens is 320 g/mol. The molecule has 0 aliphatic carbocycles. The van der Waals surface area contributed by atoms with Crippen molar-refractivity contribution in [3.63, 3.8) is 0 Å². The first-order valence-electron chi connectivity index (χ1n) is 7.33. The molecule has 1 saturated heterocycles. The van der Waals surface area contributed by atoms with E-state index in [0.29, 0.717) is 13.1 Å². The minimum absolute atomic E-state index is 0. The number of thiophene rings is 1. The maximum Gasteiger partial charge on any atom is 0.259 e. The highest BCUT2D eigenvalue weighted by Crippen LogP contribution is 2.30. The third-order valence-electron chi connectivity index (χ3n) is 4.59. The summed E-state index contributed by atoms with van der Waals surface area (Å²) in [5.41, 5.74) is 7.07. The Morgan fingerprint density at radius 2 is 2.18 bits per heavy atom. The van der Waals surface area contributed by atoms with Gasteiger partial charge in [0, 0.05) is 11.4 Å². The van der Waals surface area contributed by atoms with Crippen molar-refractivity contribution in [3.05, 3.63) is 26.6 Å². The van der Waals surface area contributed by atoms with E-state index in [-0.39, 0.29) is 23.4 Å². The predicted molar refractivity (Wildman–Crippen MR) is 94.0 cm³/mol. The number of aromatic amines is 1. The number of fused-ring (bicyclic) bond motifs is 1. The number of aryl methyl sites for hydroxylation is 2. The van der Waals surface area contributed by atoms with E-state index in [1.54, 1.807) is 11.3 Å². The molecule has 1 unspecified atom stereocenters. The van der Waals surface area contributed by atoms with Crippen molar-refractivity contribution < 1.29 is 0 Å². The van der Waals surface area contributed by atoms with Gasteiger partial charge in [0.15, 0.2) is 0 Å². The van der Waals surface area contributed by atoms with E-state index < -0.39 is 0 Å². The summed E-state index contributed by atoms with van der Waals surface area (Å²) >= 11 is 1.60. The van der Waals surface area contributed by atoms with Gasteiger partial charge in [-0.25, -0.2) is 4.98 Å². The van der Waals surface area contributed by atoms with Crippen LogP contribution in [0.25, 0.3) is 10.2 Å². The van der Waals surface area contributed by atoms with Crippen molar-refractivity contribution in [2.45, 2.75) is 33.7 Å². The number of hydrogen-bond donors (Lipinski definition) is 2. The maximum atomic E-state index is 12.3. The topological polar surface area (TPSA) is 75.0 Å². The summed E-state index contributed by atoms with van der Waals surface area (Å²) in [6, 6.07) is 0. The van der Waals surface area contributed by atoms with Gasteiger partial charge in [0.1, 0.15) is 10.7 Å². The number of rotatable bonds is 3. The van der Waals surface area contributed by atoms with Crippen molar-refractivity contribution in [2.75, 3.05) is 19.6 Å². The number of halogens is 1. The average molecular weight is 343 g/mol. The third kappa shape index (κ3) is 3.06. The van der Waals surface area contributed by atoms with E-state index >= 15 is 0 Å². The summed E-state index contributed by atoms with van der Waals surface area (Å²) in [7, 11) is 0. The number of nitrogens with zero attached hydrogens (tertiary/aromatic N) is 2. The summed E-state index contributed by atoms with van der Waals surface area (Å²) in [5, 5.41) is 0.745. The van der Waals surface area contributed by atoms with Gasteiger partial charge < -0.3 is 10.7 Å². The quantitative estimate of drug-likeness (QED) is 0.896. The van der Waals surface area contributed by atoms with Gasteiger partial charge in [-0.15, -0.1) is 23.7 Å². The average Bonchev–Trinajstić information content (AvgIpc) is 2.92. The zero-order valence-electron chi connectivity index (χ0n) is 13.2. The SMILES string of the molecule is Cc1sc2nc(CN3CCC(C)(CN)C3)[nH]c(=O)c2c1C.Cl. The Morgan fingerprint density at radius 1 is 1.45 bits per heavy atom. The molecule has 1 aliphatic rings. The molecule has 122 valence electrons. The lowest BCUT2D eigenvalue weighted by Crippen LogP contribution is -2.31. The molecule has 1 atom stereocenters. The standard InChI is InChI=1S/C15H22N4OS.ClH/c1-9-10(2)21-14-12(9)13(20)17-11(18-14)6-19-5-4-15(3,7-16)8-19;/h4-8,16H2,1-3H3,(H,17,18,20);1H. The highest BCUT2D eigenvalue weighted by atomic mass is 35.5. The second-order valence-corrected chi connectivity index (χ2v) is 7.65. The molecule has 0 amide bonds. The second kappa shape index (κ2) is 6.28. The molecule has 0 spiro atoms. The summed E-state index contributed by atoms with van der Waals surface area (Å²) in [6.45, 7) is 9.61. The Balaban J connectivity index is 0.00000176. The lowest BCUT2D eigenvalue weighted by Gasteiger charge is -2.22. The van der Waals surface area contributed by atoms with Crippen LogP contribution in [0.5, 0.6) is 0 Å². The fraction of sp³-hybridized carbons (Fsp3) is 0.600. The minimum atomic E-state index is -0.0161. The molecule has 3 heterocycles. The number of hydrogen-bond acceptors (Lipinski definition) is 5. The summed E-state index contributed by atoms with van der Waals surface area (Å²) in [5.74, 6) is 0.759. The Morgan fingerprint density at radius 3 is 2.82 bits per heavy atom. The van der Waals surface area contributed by atoms with Crippen molar-refractivity contribution in [3.8, 4) is 0 Å². The molecule has 2 aromatic heterocycles. The van der Waals surface area contributed by atoms with Crippen LogP contribution < -0.4 is 11.3 Å². The number of aromatic nitrogens is 2. The highest BCUT2D eigenvalue weighted by Gasteiger charge is 2.32.